The number of hydrogen-bond acceptors (Lipinski definition) is 4. The van der Waals surface area contributed by atoms with E-state index in [1.54, 1.807) is 0 Å². The molecular formula is C16H30N4O. The van der Waals surface area contributed by atoms with E-state index in [0.717, 1.165) is 25.4 Å². The summed E-state index contributed by atoms with van der Waals surface area (Å²) in [6, 6.07) is 0.476. The number of aromatic nitrogens is 2. The third-order valence-electron chi connectivity index (χ3n) is 4.11. The van der Waals surface area contributed by atoms with E-state index in [1.807, 2.05) is 11.7 Å². The van der Waals surface area contributed by atoms with Crippen LogP contribution in [-0.2, 0) is 18.3 Å². The van der Waals surface area contributed by atoms with Gasteiger partial charge < -0.3 is 15.0 Å². The van der Waals surface area contributed by atoms with Crippen LogP contribution in [0.5, 0.6) is 0 Å². The van der Waals surface area contributed by atoms with Crippen LogP contribution < -0.4 is 10.2 Å². The largest absolute Gasteiger partial charge is 0.376 e. The molecule has 0 aromatic carbocycles. The van der Waals surface area contributed by atoms with Crippen LogP contribution in [0.1, 0.15) is 44.4 Å². The zero-order valence-corrected chi connectivity index (χ0v) is 14.1. The minimum absolute atomic E-state index is 0.352. The number of nitrogens with zero attached hydrogens (tertiary/aromatic N) is 3. The van der Waals surface area contributed by atoms with E-state index in [9.17, 15) is 0 Å². The molecule has 2 rings (SSSR count). The number of hydrogen-bond donors (Lipinski definition) is 1. The maximum absolute atomic E-state index is 5.87. The summed E-state index contributed by atoms with van der Waals surface area (Å²) >= 11 is 0. The molecule has 2 heterocycles. The Kier molecular flexibility index (Phi) is 5.65. The fourth-order valence-electron chi connectivity index (χ4n) is 3.02. The summed E-state index contributed by atoms with van der Waals surface area (Å²) in [6.45, 7) is 9.14. The van der Waals surface area contributed by atoms with E-state index in [4.69, 9.17) is 4.74 Å². The van der Waals surface area contributed by atoms with Gasteiger partial charge in [0.2, 0.25) is 0 Å². The Hall–Kier alpha value is -1.07. The van der Waals surface area contributed by atoms with E-state index >= 15 is 0 Å². The van der Waals surface area contributed by atoms with Crippen molar-refractivity contribution in [3.8, 4) is 0 Å². The minimum atomic E-state index is 0.352. The fraction of sp³-hybridized carbons (Fsp3) is 0.812. The lowest BCUT2D eigenvalue weighted by atomic mass is 10.1. The summed E-state index contributed by atoms with van der Waals surface area (Å²) in [7, 11) is 4.17. The number of aryl methyl sites for hydroxylation is 2. The molecule has 0 saturated carbocycles. The van der Waals surface area contributed by atoms with Crippen LogP contribution in [0.3, 0.4) is 0 Å². The SMILES string of the molecule is Cc1nn(C)c(N(C)CC2CCCCO2)c1CNC(C)C. The monoisotopic (exact) mass is 294 g/mol. The van der Waals surface area contributed by atoms with Crippen molar-refractivity contribution >= 4 is 5.82 Å². The summed E-state index contributed by atoms with van der Waals surface area (Å²) in [4.78, 5) is 2.30. The highest BCUT2D eigenvalue weighted by Gasteiger charge is 2.21. The number of ether oxygens (including phenoxy) is 1. The Labute approximate surface area is 128 Å². The maximum Gasteiger partial charge on any atom is 0.131 e. The van der Waals surface area contributed by atoms with Gasteiger partial charge in [-0.2, -0.15) is 5.10 Å². The van der Waals surface area contributed by atoms with E-state index in [-0.39, 0.29) is 0 Å². The van der Waals surface area contributed by atoms with Crippen LogP contribution in [-0.4, -0.2) is 42.1 Å². The van der Waals surface area contributed by atoms with Crippen LogP contribution in [0.25, 0.3) is 0 Å². The van der Waals surface area contributed by atoms with Crippen molar-refractivity contribution in [2.24, 2.45) is 7.05 Å². The fourth-order valence-corrected chi connectivity index (χ4v) is 3.02. The number of anilines is 1. The van der Waals surface area contributed by atoms with Crippen molar-refractivity contribution in [2.45, 2.75) is 58.7 Å². The maximum atomic E-state index is 5.87. The molecule has 0 aliphatic carbocycles. The lowest BCUT2D eigenvalue weighted by Crippen LogP contribution is -2.35. The normalized spacial score (nSPS) is 19.2. The van der Waals surface area contributed by atoms with Gasteiger partial charge in [0.25, 0.3) is 0 Å². The van der Waals surface area contributed by atoms with Gasteiger partial charge in [0.05, 0.1) is 11.8 Å². The molecule has 0 radical (unpaired) electrons. The van der Waals surface area contributed by atoms with Gasteiger partial charge in [-0.15, -0.1) is 0 Å². The first kappa shape index (κ1) is 16.3. The van der Waals surface area contributed by atoms with Crippen molar-refractivity contribution in [3.63, 3.8) is 0 Å². The summed E-state index contributed by atoms with van der Waals surface area (Å²) in [5.41, 5.74) is 2.40. The van der Waals surface area contributed by atoms with Gasteiger partial charge in [-0.1, -0.05) is 13.8 Å². The zero-order chi connectivity index (χ0) is 15.4. The van der Waals surface area contributed by atoms with Crippen molar-refractivity contribution in [2.75, 3.05) is 25.1 Å². The molecule has 5 heteroatoms. The first-order valence-electron chi connectivity index (χ1n) is 8.07. The molecule has 1 fully saturated rings. The third-order valence-corrected chi connectivity index (χ3v) is 4.11. The first-order chi connectivity index (χ1) is 9.99. The molecule has 0 bridgehead atoms. The predicted molar refractivity (Wildman–Crippen MR) is 86.8 cm³/mol. The average molecular weight is 294 g/mol. The number of rotatable bonds is 6. The highest BCUT2D eigenvalue weighted by atomic mass is 16.5. The van der Waals surface area contributed by atoms with E-state index in [2.05, 4.69) is 43.1 Å². The van der Waals surface area contributed by atoms with Crippen LogP contribution in [0, 0.1) is 6.92 Å². The molecule has 1 aromatic heterocycles. The molecule has 1 N–H and O–H groups in total. The Morgan fingerprint density at radius 1 is 1.43 bits per heavy atom. The molecule has 1 saturated heterocycles. The van der Waals surface area contributed by atoms with Gasteiger partial charge in [-0.3, -0.25) is 4.68 Å². The first-order valence-corrected chi connectivity index (χ1v) is 8.07. The lowest BCUT2D eigenvalue weighted by Gasteiger charge is -2.29. The standard InChI is InChI=1S/C16H30N4O/c1-12(2)17-10-15-13(3)18-20(5)16(15)19(4)11-14-8-6-7-9-21-14/h12,14,17H,6-11H2,1-5H3. The van der Waals surface area contributed by atoms with Crippen LogP contribution in [0.15, 0.2) is 0 Å². The Morgan fingerprint density at radius 2 is 2.19 bits per heavy atom. The highest BCUT2D eigenvalue weighted by Crippen LogP contribution is 2.24. The molecular weight excluding hydrogens is 264 g/mol. The molecule has 1 unspecified atom stereocenters. The number of nitrogens with one attached hydrogen (secondary N) is 1. The molecule has 1 aromatic rings. The van der Waals surface area contributed by atoms with Gasteiger partial charge in [0, 0.05) is 45.4 Å². The van der Waals surface area contributed by atoms with Crippen LogP contribution >= 0.6 is 0 Å². The Bertz CT molecular complexity index is 449. The smallest absolute Gasteiger partial charge is 0.131 e. The van der Waals surface area contributed by atoms with Gasteiger partial charge in [-0.25, -0.2) is 0 Å². The molecule has 1 aliphatic heterocycles. The van der Waals surface area contributed by atoms with Crippen LogP contribution in [0.4, 0.5) is 5.82 Å². The van der Waals surface area contributed by atoms with Crippen molar-refractivity contribution < 1.29 is 4.74 Å². The van der Waals surface area contributed by atoms with Gasteiger partial charge in [0.15, 0.2) is 0 Å². The third kappa shape index (κ3) is 4.20. The molecule has 1 aliphatic rings. The lowest BCUT2D eigenvalue weighted by molar-refractivity contribution is 0.0214. The molecule has 1 atom stereocenters. The molecule has 5 nitrogen and oxygen atoms in total. The van der Waals surface area contributed by atoms with E-state index < -0.39 is 0 Å². The minimum Gasteiger partial charge on any atom is -0.376 e. The topological polar surface area (TPSA) is 42.3 Å². The van der Waals surface area contributed by atoms with E-state index in [1.165, 1.54) is 30.6 Å². The van der Waals surface area contributed by atoms with Gasteiger partial charge >= 0.3 is 0 Å². The summed E-state index contributed by atoms with van der Waals surface area (Å²) < 4.78 is 7.86. The van der Waals surface area contributed by atoms with Crippen molar-refractivity contribution in [1.82, 2.24) is 15.1 Å². The molecule has 21 heavy (non-hydrogen) atoms. The van der Waals surface area contributed by atoms with Crippen molar-refractivity contribution in [3.05, 3.63) is 11.3 Å². The average Bonchev–Trinajstić information content (AvgIpc) is 2.71. The van der Waals surface area contributed by atoms with Crippen LogP contribution in [0.2, 0.25) is 0 Å². The molecule has 120 valence electrons. The second-order valence-electron chi connectivity index (χ2n) is 6.42. The quantitative estimate of drug-likeness (QED) is 0.873. The Morgan fingerprint density at radius 3 is 2.81 bits per heavy atom. The number of likely N-dealkylation sites (N-methyl/N-ethyl adjacent to an activating group) is 1. The highest BCUT2D eigenvalue weighted by molar-refractivity contribution is 5.49. The Balaban J connectivity index is 2.09. The molecule has 0 amide bonds. The summed E-state index contributed by atoms with van der Waals surface area (Å²) in [6.07, 6.45) is 4.00. The second kappa shape index (κ2) is 7.27. The second-order valence-corrected chi connectivity index (χ2v) is 6.42. The molecule has 0 spiro atoms. The van der Waals surface area contributed by atoms with Gasteiger partial charge in [-0.05, 0) is 26.2 Å². The van der Waals surface area contributed by atoms with E-state index in [0.29, 0.717) is 12.1 Å². The zero-order valence-electron chi connectivity index (χ0n) is 14.1. The summed E-state index contributed by atoms with van der Waals surface area (Å²) in [5.74, 6) is 1.20. The summed E-state index contributed by atoms with van der Waals surface area (Å²) in [5, 5.41) is 8.10. The van der Waals surface area contributed by atoms with Gasteiger partial charge in [0.1, 0.15) is 5.82 Å². The predicted octanol–water partition coefficient (Wildman–Crippen LogP) is 2.23. The van der Waals surface area contributed by atoms with Crippen molar-refractivity contribution in [1.29, 1.82) is 0 Å².